The Morgan fingerprint density at radius 1 is 0.884 bits per heavy atom. The molecule has 1 N–H and O–H groups in total. The van der Waals surface area contributed by atoms with Gasteiger partial charge in [-0.05, 0) is 60.1 Å². The molecule has 2 heterocycles. The topological polar surface area (TPSA) is 95.9 Å². The molecule has 9 nitrogen and oxygen atoms in total. The lowest BCUT2D eigenvalue weighted by atomic mass is 9.78. The molecule has 1 saturated heterocycles. The third-order valence-corrected chi connectivity index (χ3v) is 8.28. The summed E-state index contributed by atoms with van der Waals surface area (Å²) in [6.07, 6.45) is 3.54. The fourth-order valence-electron chi connectivity index (χ4n) is 6.19. The van der Waals surface area contributed by atoms with E-state index in [0.717, 1.165) is 6.42 Å². The summed E-state index contributed by atoms with van der Waals surface area (Å²) in [5, 5.41) is 9.74. The summed E-state index contributed by atoms with van der Waals surface area (Å²) in [6, 6.07) is 15.0. The van der Waals surface area contributed by atoms with E-state index in [0.29, 0.717) is 85.4 Å². The average Bonchev–Trinajstić information content (AvgIpc) is 3.41. The molecule has 3 aliphatic rings. The van der Waals surface area contributed by atoms with E-state index >= 15 is 0 Å². The first-order chi connectivity index (χ1) is 21.2. The summed E-state index contributed by atoms with van der Waals surface area (Å²) in [7, 11) is 0. The van der Waals surface area contributed by atoms with E-state index in [4.69, 9.17) is 28.4 Å². The summed E-state index contributed by atoms with van der Waals surface area (Å²) in [5.74, 6) is -0.115. The first-order valence-corrected chi connectivity index (χ1v) is 15.6. The SMILES string of the molecule is CCO[C@@H]1OC(C(=O)N2CCOCCOCCOCCOCC2)=C[C@H](c2cccc3c2Cc2ccccc2-3)[C@@H]1CCCO. The van der Waals surface area contributed by atoms with Crippen LogP contribution in [0.5, 0.6) is 0 Å². The van der Waals surface area contributed by atoms with Crippen molar-refractivity contribution in [1.29, 1.82) is 0 Å². The summed E-state index contributed by atoms with van der Waals surface area (Å²) in [4.78, 5) is 15.8. The van der Waals surface area contributed by atoms with Crippen LogP contribution in [-0.4, -0.2) is 101 Å². The van der Waals surface area contributed by atoms with Gasteiger partial charge in [-0.15, -0.1) is 0 Å². The Labute approximate surface area is 254 Å². The number of benzene rings is 2. The number of hydrogen-bond donors (Lipinski definition) is 1. The fourth-order valence-corrected chi connectivity index (χ4v) is 6.19. The molecule has 0 bridgehead atoms. The Balaban J connectivity index is 1.44. The maximum atomic E-state index is 14.1. The zero-order valence-corrected chi connectivity index (χ0v) is 25.2. The first-order valence-electron chi connectivity index (χ1n) is 15.6. The molecule has 0 radical (unpaired) electrons. The first kappa shape index (κ1) is 31.6. The van der Waals surface area contributed by atoms with Gasteiger partial charge in [-0.2, -0.15) is 0 Å². The Morgan fingerprint density at radius 3 is 2.21 bits per heavy atom. The van der Waals surface area contributed by atoms with E-state index < -0.39 is 6.29 Å². The van der Waals surface area contributed by atoms with E-state index in [-0.39, 0.29) is 30.1 Å². The van der Waals surface area contributed by atoms with Crippen LogP contribution in [0, 0.1) is 5.92 Å². The van der Waals surface area contributed by atoms with Crippen molar-refractivity contribution in [2.45, 2.75) is 38.4 Å². The van der Waals surface area contributed by atoms with E-state index in [9.17, 15) is 9.90 Å². The van der Waals surface area contributed by atoms with Crippen molar-refractivity contribution < 1.29 is 38.3 Å². The second-order valence-electron chi connectivity index (χ2n) is 11.0. The van der Waals surface area contributed by atoms with E-state index in [1.54, 1.807) is 4.90 Å². The van der Waals surface area contributed by atoms with E-state index in [1.807, 2.05) is 13.0 Å². The number of hydrogen-bond acceptors (Lipinski definition) is 8. The number of allylic oxidation sites excluding steroid dienone is 1. The highest BCUT2D eigenvalue weighted by atomic mass is 16.7. The van der Waals surface area contributed by atoms with Gasteiger partial charge < -0.3 is 38.4 Å². The normalized spacial score (nSPS) is 23.7. The monoisotopic (exact) mass is 595 g/mol. The van der Waals surface area contributed by atoms with Crippen LogP contribution in [0.2, 0.25) is 0 Å². The van der Waals surface area contributed by atoms with Crippen LogP contribution in [0.15, 0.2) is 54.3 Å². The number of nitrogens with zero attached hydrogens (tertiary/aromatic N) is 1. The number of carbonyl (C=O) groups is 1. The molecule has 0 unspecified atom stereocenters. The van der Waals surface area contributed by atoms with Crippen molar-refractivity contribution in [2.75, 3.05) is 79.2 Å². The molecule has 1 fully saturated rings. The predicted octanol–water partition coefficient (Wildman–Crippen LogP) is 3.92. The minimum absolute atomic E-state index is 0.0616. The van der Waals surface area contributed by atoms with Gasteiger partial charge in [0.15, 0.2) is 5.76 Å². The standard InChI is InChI=1S/C34H45NO8/c1-2-42-34-29(11-6-14-36)31(28-10-5-9-27-26-8-4-3-7-25(26)23-30(27)28)24-32(43-34)33(37)35-12-15-38-17-19-40-21-22-41-20-18-39-16-13-35/h3-5,7-10,24,29,31,34,36H,2,6,11-23H2,1H3/t29-,31+,34+/m0/s1. The molecule has 43 heavy (non-hydrogen) atoms. The number of aliphatic hydroxyl groups excluding tert-OH is 1. The van der Waals surface area contributed by atoms with Crippen LogP contribution in [0.1, 0.15) is 42.4 Å². The smallest absolute Gasteiger partial charge is 0.288 e. The molecule has 3 atom stereocenters. The number of carbonyl (C=O) groups excluding carboxylic acids is 1. The van der Waals surface area contributed by atoms with Crippen molar-refractivity contribution >= 4 is 5.91 Å². The summed E-state index contributed by atoms with van der Waals surface area (Å²) in [6.45, 7) is 6.87. The summed E-state index contributed by atoms with van der Waals surface area (Å²) < 4.78 is 35.1. The van der Waals surface area contributed by atoms with Gasteiger partial charge in [-0.3, -0.25) is 4.79 Å². The summed E-state index contributed by atoms with van der Waals surface area (Å²) >= 11 is 0. The fraction of sp³-hybridized carbons (Fsp3) is 0.559. The van der Waals surface area contributed by atoms with Crippen LogP contribution >= 0.6 is 0 Å². The molecular formula is C34H45NO8. The summed E-state index contributed by atoms with van der Waals surface area (Å²) in [5.41, 5.74) is 6.27. The number of fused-ring (bicyclic) bond motifs is 3. The van der Waals surface area contributed by atoms with Gasteiger partial charge in [0.05, 0.1) is 52.9 Å². The lowest BCUT2D eigenvalue weighted by Gasteiger charge is -2.38. The average molecular weight is 596 g/mol. The van der Waals surface area contributed by atoms with Crippen LogP contribution in [0.25, 0.3) is 11.1 Å². The lowest BCUT2D eigenvalue weighted by Crippen LogP contribution is -2.43. The van der Waals surface area contributed by atoms with Crippen molar-refractivity contribution in [2.24, 2.45) is 5.92 Å². The van der Waals surface area contributed by atoms with Crippen LogP contribution in [0.4, 0.5) is 0 Å². The second kappa shape index (κ2) is 16.3. The zero-order chi connectivity index (χ0) is 29.9. The molecule has 0 aromatic heterocycles. The third-order valence-electron chi connectivity index (χ3n) is 8.28. The molecule has 2 aromatic rings. The lowest BCUT2D eigenvalue weighted by molar-refractivity contribution is -0.170. The van der Waals surface area contributed by atoms with Gasteiger partial charge in [0, 0.05) is 38.1 Å². The minimum Gasteiger partial charge on any atom is -0.459 e. The molecule has 1 aliphatic carbocycles. The largest absolute Gasteiger partial charge is 0.459 e. The van der Waals surface area contributed by atoms with Gasteiger partial charge in [0.25, 0.3) is 5.91 Å². The number of ether oxygens (including phenoxy) is 6. The molecule has 9 heteroatoms. The second-order valence-corrected chi connectivity index (χ2v) is 11.0. The molecule has 2 aliphatic heterocycles. The number of aliphatic hydroxyl groups is 1. The quantitative estimate of drug-likeness (QED) is 0.439. The van der Waals surface area contributed by atoms with E-state index in [2.05, 4.69) is 42.5 Å². The molecular weight excluding hydrogens is 550 g/mol. The zero-order valence-electron chi connectivity index (χ0n) is 25.2. The molecule has 5 rings (SSSR count). The maximum absolute atomic E-state index is 14.1. The Kier molecular flexibility index (Phi) is 12.0. The van der Waals surface area contributed by atoms with Crippen LogP contribution in [-0.2, 0) is 39.6 Å². The van der Waals surface area contributed by atoms with Gasteiger partial charge >= 0.3 is 0 Å². The molecule has 0 spiro atoms. The van der Waals surface area contributed by atoms with Crippen LogP contribution < -0.4 is 0 Å². The van der Waals surface area contributed by atoms with E-state index in [1.165, 1.54) is 27.8 Å². The minimum atomic E-state index is -0.615. The number of amides is 1. The van der Waals surface area contributed by atoms with Gasteiger partial charge in [0.1, 0.15) is 0 Å². The Bertz CT molecular complexity index is 1200. The molecule has 0 saturated carbocycles. The van der Waals surface area contributed by atoms with Crippen molar-refractivity contribution in [3.63, 3.8) is 0 Å². The maximum Gasteiger partial charge on any atom is 0.288 e. The highest BCUT2D eigenvalue weighted by Crippen LogP contribution is 2.46. The van der Waals surface area contributed by atoms with Gasteiger partial charge in [0.2, 0.25) is 6.29 Å². The molecule has 1 amide bonds. The third kappa shape index (κ3) is 8.03. The Morgan fingerprint density at radius 2 is 1.53 bits per heavy atom. The molecule has 234 valence electrons. The highest BCUT2D eigenvalue weighted by molar-refractivity contribution is 5.92. The highest BCUT2D eigenvalue weighted by Gasteiger charge is 2.40. The van der Waals surface area contributed by atoms with Crippen molar-refractivity contribution in [3.05, 3.63) is 71.0 Å². The van der Waals surface area contributed by atoms with Crippen molar-refractivity contribution in [3.8, 4) is 11.1 Å². The predicted molar refractivity (Wildman–Crippen MR) is 162 cm³/mol. The van der Waals surface area contributed by atoms with Crippen molar-refractivity contribution in [1.82, 2.24) is 4.90 Å². The van der Waals surface area contributed by atoms with Gasteiger partial charge in [-0.25, -0.2) is 0 Å². The number of rotatable bonds is 7. The van der Waals surface area contributed by atoms with Crippen LogP contribution in [0.3, 0.4) is 0 Å². The molecule has 2 aromatic carbocycles. The Hall–Kier alpha value is -2.79. The van der Waals surface area contributed by atoms with Gasteiger partial charge in [-0.1, -0.05) is 42.5 Å².